The van der Waals surface area contributed by atoms with Crippen molar-refractivity contribution in [1.82, 2.24) is 4.98 Å². The number of benzene rings is 1. The molecule has 2 N–H and O–H groups in total. The predicted molar refractivity (Wildman–Crippen MR) is 61.3 cm³/mol. The van der Waals surface area contributed by atoms with Crippen LogP contribution in [0.4, 0.5) is 10.4 Å². The van der Waals surface area contributed by atoms with Gasteiger partial charge < -0.3 is 14.9 Å². The third-order valence-corrected chi connectivity index (χ3v) is 2.46. The molecule has 0 aliphatic carbocycles. The van der Waals surface area contributed by atoms with Crippen molar-refractivity contribution in [2.45, 2.75) is 12.8 Å². The van der Waals surface area contributed by atoms with Crippen LogP contribution in [0.5, 0.6) is 5.75 Å². The van der Waals surface area contributed by atoms with Gasteiger partial charge in [-0.3, -0.25) is 0 Å². The first-order chi connectivity index (χ1) is 8.19. The van der Waals surface area contributed by atoms with Crippen molar-refractivity contribution in [3.63, 3.8) is 0 Å². The molecule has 0 spiro atoms. The van der Waals surface area contributed by atoms with Crippen LogP contribution in [0.1, 0.15) is 11.3 Å². The minimum absolute atomic E-state index is 0.145. The number of nitrogen functional groups attached to an aromatic ring is 1. The Morgan fingerprint density at radius 3 is 2.88 bits per heavy atom. The summed E-state index contributed by atoms with van der Waals surface area (Å²) in [5, 5.41) is 0. The van der Waals surface area contributed by atoms with Crippen LogP contribution in [0.15, 0.2) is 28.9 Å². The highest BCUT2D eigenvalue weighted by molar-refractivity contribution is 5.34. The molecule has 17 heavy (non-hydrogen) atoms. The van der Waals surface area contributed by atoms with Crippen LogP contribution < -0.4 is 10.5 Å². The van der Waals surface area contributed by atoms with E-state index >= 15 is 0 Å². The van der Waals surface area contributed by atoms with Crippen molar-refractivity contribution >= 4 is 6.01 Å². The molecule has 0 atom stereocenters. The summed E-state index contributed by atoms with van der Waals surface area (Å²) >= 11 is 0. The first-order valence-electron chi connectivity index (χ1n) is 5.21. The fourth-order valence-electron chi connectivity index (χ4n) is 1.64. The molecule has 0 bridgehead atoms. The van der Waals surface area contributed by atoms with E-state index in [1.807, 2.05) is 0 Å². The van der Waals surface area contributed by atoms with E-state index in [0.29, 0.717) is 18.6 Å². The Morgan fingerprint density at radius 2 is 2.24 bits per heavy atom. The lowest BCUT2D eigenvalue weighted by Gasteiger charge is -2.07. The standard InChI is InChI=1S/C12H13FN2O2/c1-16-11-5-3-9(13)6-8(11)2-4-10-7-17-12(14)15-10/h3,5-7H,2,4H2,1H3,(H2,14,15). The van der Waals surface area contributed by atoms with Gasteiger partial charge in [0.1, 0.15) is 17.8 Å². The quantitative estimate of drug-likeness (QED) is 0.883. The summed E-state index contributed by atoms with van der Waals surface area (Å²) in [6.45, 7) is 0. The number of hydrogen-bond donors (Lipinski definition) is 1. The molecule has 0 aliphatic heterocycles. The van der Waals surface area contributed by atoms with Gasteiger partial charge in [0, 0.05) is 0 Å². The van der Waals surface area contributed by atoms with Crippen LogP contribution in [-0.2, 0) is 12.8 Å². The highest BCUT2D eigenvalue weighted by Crippen LogP contribution is 2.21. The van der Waals surface area contributed by atoms with Crippen LogP contribution in [0, 0.1) is 5.82 Å². The maximum atomic E-state index is 13.1. The summed E-state index contributed by atoms with van der Waals surface area (Å²) in [5.41, 5.74) is 6.91. The number of aryl methyl sites for hydroxylation is 2. The average Bonchev–Trinajstić information content (AvgIpc) is 2.73. The summed E-state index contributed by atoms with van der Waals surface area (Å²) < 4.78 is 23.2. The van der Waals surface area contributed by atoms with Crippen molar-refractivity contribution in [2.24, 2.45) is 0 Å². The third kappa shape index (κ3) is 2.75. The number of oxazole rings is 1. The van der Waals surface area contributed by atoms with Crippen molar-refractivity contribution in [1.29, 1.82) is 0 Å². The number of halogens is 1. The summed E-state index contributed by atoms with van der Waals surface area (Å²) in [6.07, 6.45) is 2.74. The highest BCUT2D eigenvalue weighted by atomic mass is 19.1. The number of nitrogens with zero attached hydrogens (tertiary/aromatic N) is 1. The highest BCUT2D eigenvalue weighted by Gasteiger charge is 2.07. The van der Waals surface area contributed by atoms with Crippen molar-refractivity contribution < 1.29 is 13.5 Å². The van der Waals surface area contributed by atoms with Gasteiger partial charge in [-0.15, -0.1) is 0 Å². The fraction of sp³-hybridized carbons (Fsp3) is 0.250. The first-order valence-corrected chi connectivity index (χ1v) is 5.21. The number of rotatable bonds is 4. The van der Waals surface area contributed by atoms with Gasteiger partial charge in [-0.25, -0.2) is 4.39 Å². The zero-order valence-electron chi connectivity index (χ0n) is 9.44. The number of hydrogen-bond acceptors (Lipinski definition) is 4. The zero-order valence-corrected chi connectivity index (χ0v) is 9.44. The predicted octanol–water partition coefficient (Wildman–Crippen LogP) is 2.19. The van der Waals surface area contributed by atoms with Gasteiger partial charge in [0.2, 0.25) is 0 Å². The molecule has 0 fully saturated rings. The van der Waals surface area contributed by atoms with Crippen LogP contribution in [0.3, 0.4) is 0 Å². The van der Waals surface area contributed by atoms with Crippen LogP contribution in [-0.4, -0.2) is 12.1 Å². The minimum Gasteiger partial charge on any atom is -0.496 e. The molecular formula is C12H13FN2O2. The lowest BCUT2D eigenvalue weighted by Crippen LogP contribution is -1.97. The Morgan fingerprint density at radius 1 is 1.41 bits per heavy atom. The molecule has 0 unspecified atom stereocenters. The maximum absolute atomic E-state index is 13.1. The summed E-state index contributed by atoms with van der Waals surface area (Å²) in [7, 11) is 1.56. The van der Waals surface area contributed by atoms with Gasteiger partial charge in [0.25, 0.3) is 6.01 Å². The SMILES string of the molecule is COc1ccc(F)cc1CCc1coc(N)n1. The molecule has 2 aromatic rings. The molecule has 4 nitrogen and oxygen atoms in total. The van der Waals surface area contributed by atoms with E-state index in [1.165, 1.54) is 18.4 Å². The molecule has 0 amide bonds. The van der Waals surface area contributed by atoms with Crippen LogP contribution in [0.2, 0.25) is 0 Å². The molecule has 5 heteroatoms. The average molecular weight is 236 g/mol. The molecule has 0 saturated heterocycles. The van der Waals surface area contributed by atoms with Crippen LogP contribution in [0.25, 0.3) is 0 Å². The molecule has 0 aliphatic rings. The van der Waals surface area contributed by atoms with Gasteiger partial charge in [-0.2, -0.15) is 4.98 Å². The zero-order chi connectivity index (χ0) is 12.3. The van der Waals surface area contributed by atoms with Crippen molar-refractivity contribution in [2.75, 3.05) is 12.8 Å². The molecule has 1 heterocycles. The lowest BCUT2D eigenvalue weighted by molar-refractivity contribution is 0.408. The van der Waals surface area contributed by atoms with E-state index in [-0.39, 0.29) is 11.8 Å². The molecule has 2 rings (SSSR count). The van der Waals surface area contributed by atoms with Gasteiger partial charge in [-0.1, -0.05) is 0 Å². The van der Waals surface area contributed by atoms with Gasteiger partial charge in [-0.05, 0) is 36.6 Å². The summed E-state index contributed by atoms with van der Waals surface area (Å²) in [4.78, 5) is 3.98. The van der Waals surface area contributed by atoms with E-state index in [0.717, 1.165) is 11.3 Å². The number of anilines is 1. The molecule has 90 valence electrons. The molecule has 1 aromatic carbocycles. The van der Waals surface area contributed by atoms with Gasteiger partial charge in [0.15, 0.2) is 0 Å². The number of aromatic nitrogens is 1. The van der Waals surface area contributed by atoms with E-state index < -0.39 is 0 Å². The van der Waals surface area contributed by atoms with E-state index in [2.05, 4.69) is 4.98 Å². The summed E-state index contributed by atoms with van der Waals surface area (Å²) in [6, 6.07) is 4.59. The molecule has 0 radical (unpaired) electrons. The molecule has 0 saturated carbocycles. The Balaban J connectivity index is 2.10. The van der Waals surface area contributed by atoms with Gasteiger partial charge >= 0.3 is 0 Å². The third-order valence-electron chi connectivity index (χ3n) is 2.46. The number of nitrogens with two attached hydrogens (primary N) is 1. The largest absolute Gasteiger partial charge is 0.496 e. The monoisotopic (exact) mass is 236 g/mol. The van der Waals surface area contributed by atoms with E-state index in [1.54, 1.807) is 13.2 Å². The van der Waals surface area contributed by atoms with Crippen LogP contribution >= 0.6 is 0 Å². The first kappa shape index (κ1) is 11.4. The Labute approximate surface area is 98.2 Å². The normalized spacial score (nSPS) is 10.5. The van der Waals surface area contributed by atoms with E-state index in [9.17, 15) is 4.39 Å². The second kappa shape index (κ2) is 4.86. The van der Waals surface area contributed by atoms with Crippen molar-refractivity contribution in [3.8, 4) is 5.75 Å². The van der Waals surface area contributed by atoms with E-state index in [4.69, 9.17) is 14.9 Å². The van der Waals surface area contributed by atoms with Gasteiger partial charge in [0.05, 0.1) is 12.8 Å². The second-order valence-corrected chi connectivity index (χ2v) is 3.63. The fourth-order valence-corrected chi connectivity index (χ4v) is 1.64. The smallest absolute Gasteiger partial charge is 0.292 e. The number of methoxy groups -OCH3 is 1. The molecular weight excluding hydrogens is 223 g/mol. The second-order valence-electron chi connectivity index (χ2n) is 3.63. The Bertz CT molecular complexity index is 511. The Kier molecular flexibility index (Phi) is 3.27. The van der Waals surface area contributed by atoms with Crippen molar-refractivity contribution in [3.05, 3.63) is 41.5 Å². The Hall–Kier alpha value is -2.04. The maximum Gasteiger partial charge on any atom is 0.292 e. The minimum atomic E-state index is -0.277. The topological polar surface area (TPSA) is 61.3 Å². The molecule has 1 aromatic heterocycles. The summed E-state index contributed by atoms with van der Waals surface area (Å²) in [5.74, 6) is 0.392. The number of ether oxygens (including phenoxy) is 1. The lowest BCUT2D eigenvalue weighted by atomic mass is 10.1.